The largest absolute Gasteiger partial charge is 0.347 e. The highest BCUT2D eigenvalue weighted by atomic mass is 79.9. The molecule has 1 aromatic heterocycles. The van der Waals surface area contributed by atoms with Crippen LogP contribution in [-0.4, -0.2) is 14.8 Å². The number of rotatable bonds is 1. The van der Waals surface area contributed by atoms with Crippen molar-refractivity contribution in [2.45, 2.75) is 0 Å². The molecule has 5 nitrogen and oxygen atoms in total. The predicted molar refractivity (Wildman–Crippen MR) is 64.0 cm³/mol. The van der Waals surface area contributed by atoms with Crippen molar-refractivity contribution in [3.8, 4) is 11.8 Å². The van der Waals surface area contributed by atoms with E-state index in [0.29, 0.717) is 15.7 Å². The predicted octanol–water partition coefficient (Wildman–Crippen LogP) is 1.86. The number of nitrogens with one attached hydrogen (secondary N) is 2. The van der Waals surface area contributed by atoms with Crippen LogP contribution in [0.1, 0.15) is 5.56 Å². The van der Waals surface area contributed by atoms with Gasteiger partial charge in [-0.15, -0.1) is 0 Å². The van der Waals surface area contributed by atoms with E-state index in [1.807, 2.05) is 6.07 Å². The maximum absolute atomic E-state index is 11.5. The first kappa shape index (κ1) is 10.9. The lowest BCUT2D eigenvalue weighted by Crippen LogP contribution is -2.15. The van der Waals surface area contributed by atoms with Crippen molar-refractivity contribution in [2.24, 2.45) is 0 Å². The van der Waals surface area contributed by atoms with E-state index in [2.05, 4.69) is 26.1 Å². The number of benzene rings is 1. The van der Waals surface area contributed by atoms with Gasteiger partial charge in [-0.2, -0.15) is 5.26 Å². The topological polar surface area (TPSA) is 77.4 Å². The quantitative estimate of drug-likeness (QED) is 0.789. The number of nitrogens with zero attached hydrogens (tertiary/aromatic N) is 2. The van der Waals surface area contributed by atoms with Gasteiger partial charge in [0.25, 0.3) is 0 Å². The highest BCUT2D eigenvalue weighted by Crippen LogP contribution is 2.21. The summed E-state index contributed by atoms with van der Waals surface area (Å²) < 4.78 is 2.21. The Morgan fingerprint density at radius 1 is 1.44 bits per heavy atom. The third-order valence-electron chi connectivity index (χ3n) is 2.00. The van der Waals surface area contributed by atoms with E-state index < -0.39 is 0 Å². The van der Waals surface area contributed by atoms with Gasteiger partial charge >= 0.3 is 5.69 Å². The lowest BCUT2D eigenvalue weighted by atomic mass is 10.2. The Hall–Kier alpha value is -1.65. The first-order valence-corrected chi connectivity index (χ1v) is 5.43. The average Bonchev–Trinajstić information content (AvgIpc) is 2.59. The molecule has 0 amide bonds. The minimum atomic E-state index is -0.351. The van der Waals surface area contributed by atoms with Crippen LogP contribution < -0.4 is 5.69 Å². The fourth-order valence-corrected chi connectivity index (χ4v) is 2.08. The van der Waals surface area contributed by atoms with Gasteiger partial charge in [0, 0.05) is 4.47 Å². The first-order valence-electron chi connectivity index (χ1n) is 4.23. The van der Waals surface area contributed by atoms with Crippen LogP contribution in [-0.2, 0) is 0 Å². The van der Waals surface area contributed by atoms with E-state index >= 15 is 0 Å². The SMILES string of the molecule is N#Cc1ccc(-n2c(=O)[nH][nH]c2=S)c(Br)c1. The van der Waals surface area contributed by atoms with E-state index in [1.165, 1.54) is 4.57 Å². The molecule has 0 atom stereocenters. The van der Waals surface area contributed by atoms with Crippen molar-refractivity contribution in [3.05, 3.63) is 43.5 Å². The molecular formula is C9H5BrN4OS. The maximum Gasteiger partial charge on any atom is 0.347 e. The van der Waals surface area contributed by atoms with Crippen molar-refractivity contribution in [3.63, 3.8) is 0 Å². The summed E-state index contributed by atoms with van der Waals surface area (Å²) in [6.07, 6.45) is 0. The van der Waals surface area contributed by atoms with Gasteiger partial charge in [-0.1, -0.05) is 0 Å². The second kappa shape index (κ2) is 4.08. The van der Waals surface area contributed by atoms with Crippen LogP contribution in [0.15, 0.2) is 27.5 Å². The second-order valence-corrected chi connectivity index (χ2v) is 4.21. The van der Waals surface area contributed by atoms with Crippen LogP contribution in [0.2, 0.25) is 0 Å². The Kier molecular flexibility index (Phi) is 2.77. The Morgan fingerprint density at radius 2 is 2.19 bits per heavy atom. The standard InChI is InChI=1S/C9H5BrN4OS/c10-6-3-5(4-11)1-2-7(6)14-8(15)12-13-9(14)16/h1-3H,(H,12,15)(H,13,16). The average molecular weight is 297 g/mol. The molecular weight excluding hydrogens is 292 g/mol. The molecule has 16 heavy (non-hydrogen) atoms. The number of hydrogen-bond acceptors (Lipinski definition) is 3. The van der Waals surface area contributed by atoms with Crippen LogP contribution in [0.25, 0.3) is 5.69 Å². The Morgan fingerprint density at radius 3 is 2.69 bits per heavy atom. The number of aromatic amines is 2. The van der Waals surface area contributed by atoms with Crippen molar-refractivity contribution < 1.29 is 0 Å². The number of aromatic nitrogens is 3. The smallest absolute Gasteiger partial charge is 0.272 e. The molecule has 80 valence electrons. The number of halogens is 1. The molecule has 1 aromatic carbocycles. The first-order chi connectivity index (χ1) is 7.63. The number of H-pyrrole nitrogens is 2. The Balaban J connectivity index is 2.72. The zero-order valence-electron chi connectivity index (χ0n) is 7.82. The molecule has 0 radical (unpaired) electrons. The van der Waals surface area contributed by atoms with Crippen LogP contribution >= 0.6 is 28.1 Å². The minimum Gasteiger partial charge on any atom is -0.272 e. The Labute approximate surface area is 103 Å². The lowest BCUT2D eigenvalue weighted by molar-refractivity contribution is 0.969. The zero-order chi connectivity index (χ0) is 11.7. The van der Waals surface area contributed by atoms with Crippen molar-refractivity contribution in [1.82, 2.24) is 14.8 Å². The molecule has 0 aliphatic carbocycles. The fourth-order valence-electron chi connectivity index (χ4n) is 1.29. The third-order valence-corrected chi connectivity index (χ3v) is 2.92. The van der Waals surface area contributed by atoms with Gasteiger partial charge < -0.3 is 0 Å². The molecule has 0 bridgehead atoms. The summed E-state index contributed by atoms with van der Waals surface area (Å²) in [5, 5.41) is 13.6. The van der Waals surface area contributed by atoms with Gasteiger partial charge in [-0.3, -0.25) is 5.10 Å². The highest BCUT2D eigenvalue weighted by molar-refractivity contribution is 9.10. The minimum absolute atomic E-state index is 0.274. The molecule has 0 aliphatic rings. The fraction of sp³-hybridized carbons (Fsp3) is 0. The highest BCUT2D eigenvalue weighted by Gasteiger charge is 2.08. The molecule has 0 fully saturated rings. The van der Waals surface area contributed by atoms with E-state index in [-0.39, 0.29) is 10.5 Å². The van der Waals surface area contributed by atoms with Gasteiger partial charge in [0.1, 0.15) is 0 Å². The van der Waals surface area contributed by atoms with Crippen LogP contribution in [0, 0.1) is 16.1 Å². The summed E-state index contributed by atoms with van der Waals surface area (Å²) in [7, 11) is 0. The molecule has 2 aromatic rings. The summed E-state index contributed by atoms with van der Waals surface area (Å²) in [6.45, 7) is 0. The second-order valence-electron chi connectivity index (χ2n) is 2.97. The van der Waals surface area contributed by atoms with Crippen LogP contribution in [0.5, 0.6) is 0 Å². The van der Waals surface area contributed by atoms with Crippen LogP contribution in [0.3, 0.4) is 0 Å². The molecule has 0 saturated heterocycles. The molecule has 0 spiro atoms. The van der Waals surface area contributed by atoms with Gasteiger partial charge in [-0.05, 0) is 46.3 Å². The van der Waals surface area contributed by atoms with Gasteiger partial charge in [0.2, 0.25) is 4.77 Å². The molecule has 2 N–H and O–H groups in total. The molecule has 7 heteroatoms. The molecule has 0 unspecified atom stereocenters. The molecule has 2 rings (SSSR count). The number of nitriles is 1. The van der Waals surface area contributed by atoms with Crippen LogP contribution in [0.4, 0.5) is 0 Å². The molecule has 1 heterocycles. The summed E-state index contributed by atoms with van der Waals surface area (Å²) >= 11 is 8.26. The normalized spacial score (nSPS) is 10.0. The maximum atomic E-state index is 11.5. The van der Waals surface area contributed by atoms with E-state index in [0.717, 1.165) is 0 Å². The van der Waals surface area contributed by atoms with E-state index in [9.17, 15) is 4.79 Å². The van der Waals surface area contributed by atoms with E-state index in [4.69, 9.17) is 17.5 Å². The van der Waals surface area contributed by atoms with E-state index in [1.54, 1.807) is 18.2 Å². The van der Waals surface area contributed by atoms with Crippen molar-refractivity contribution in [2.75, 3.05) is 0 Å². The van der Waals surface area contributed by atoms with Gasteiger partial charge in [0.05, 0.1) is 17.3 Å². The zero-order valence-corrected chi connectivity index (χ0v) is 10.2. The summed E-state index contributed by atoms with van der Waals surface area (Å²) in [5.41, 5.74) is 0.746. The summed E-state index contributed by atoms with van der Waals surface area (Å²) in [5.74, 6) is 0. The Bertz CT molecular complexity index is 663. The summed E-state index contributed by atoms with van der Waals surface area (Å²) in [4.78, 5) is 11.5. The third kappa shape index (κ3) is 1.73. The summed E-state index contributed by atoms with van der Waals surface area (Å²) in [6, 6.07) is 6.91. The van der Waals surface area contributed by atoms with Gasteiger partial charge in [0.15, 0.2) is 0 Å². The molecule has 0 saturated carbocycles. The van der Waals surface area contributed by atoms with Crippen molar-refractivity contribution >= 4 is 28.1 Å². The van der Waals surface area contributed by atoms with Crippen molar-refractivity contribution in [1.29, 1.82) is 5.26 Å². The number of hydrogen-bond donors (Lipinski definition) is 2. The lowest BCUT2D eigenvalue weighted by Gasteiger charge is -2.03. The monoisotopic (exact) mass is 296 g/mol. The van der Waals surface area contributed by atoms with Gasteiger partial charge in [-0.25, -0.2) is 14.5 Å². The molecule has 0 aliphatic heterocycles.